The predicted octanol–water partition coefficient (Wildman–Crippen LogP) is 0.593. The van der Waals surface area contributed by atoms with Gasteiger partial charge in [0.2, 0.25) is 0 Å². The molecule has 5 heteroatoms. The minimum absolute atomic E-state index is 0.0690. The van der Waals surface area contributed by atoms with Crippen LogP contribution in [0.2, 0.25) is 0 Å². The Morgan fingerprint density at radius 2 is 2.00 bits per heavy atom. The van der Waals surface area contributed by atoms with E-state index in [4.69, 9.17) is 10.0 Å². The molecule has 1 rings (SSSR count). The smallest absolute Gasteiger partial charge is 0.423 e. The molecule has 0 radical (unpaired) electrons. The maximum atomic E-state index is 13.2. The molecule has 0 amide bonds. The van der Waals surface area contributed by atoms with Gasteiger partial charge in [0.1, 0.15) is 5.82 Å². The summed E-state index contributed by atoms with van der Waals surface area (Å²) in [5.74, 6) is -0.0291. The monoisotopic (exact) mass is 239 g/mol. The summed E-state index contributed by atoms with van der Waals surface area (Å²) >= 11 is 0. The van der Waals surface area contributed by atoms with E-state index in [-0.39, 0.29) is 5.46 Å². The van der Waals surface area contributed by atoms with Crippen molar-refractivity contribution in [3.05, 3.63) is 29.6 Å². The Bertz CT molecular complexity index is 372. The van der Waals surface area contributed by atoms with E-state index in [9.17, 15) is 4.39 Å². The topological polar surface area (TPSA) is 43.7 Å². The summed E-state index contributed by atoms with van der Waals surface area (Å²) in [5, 5.41) is 18.0. The maximum Gasteiger partial charge on any atom is 0.491 e. The molecule has 0 saturated heterocycles. The lowest BCUT2D eigenvalue weighted by molar-refractivity contribution is 0.288. The average Bonchev–Trinajstić information content (AvgIpc) is 2.19. The SMILES string of the molecule is CC(C)CN(C)Cc1ccc(F)c(B(O)O)c1. The van der Waals surface area contributed by atoms with Crippen LogP contribution in [0.1, 0.15) is 19.4 Å². The van der Waals surface area contributed by atoms with Gasteiger partial charge in [-0.15, -0.1) is 0 Å². The first-order chi connectivity index (χ1) is 7.90. The number of nitrogens with zero attached hydrogens (tertiary/aromatic N) is 1. The zero-order chi connectivity index (χ0) is 13.0. The molecule has 0 heterocycles. The molecule has 94 valence electrons. The first-order valence-electron chi connectivity index (χ1n) is 5.73. The minimum Gasteiger partial charge on any atom is -0.423 e. The van der Waals surface area contributed by atoms with E-state index in [2.05, 4.69) is 18.7 Å². The van der Waals surface area contributed by atoms with Crippen LogP contribution in [-0.4, -0.2) is 35.7 Å². The van der Waals surface area contributed by atoms with E-state index in [0.29, 0.717) is 12.5 Å². The maximum absolute atomic E-state index is 13.2. The first-order valence-corrected chi connectivity index (χ1v) is 5.73. The summed E-state index contributed by atoms with van der Waals surface area (Å²) in [7, 11) is 0.226. The van der Waals surface area contributed by atoms with E-state index in [1.807, 2.05) is 7.05 Å². The number of hydrogen-bond acceptors (Lipinski definition) is 3. The van der Waals surface area contributed by atoms with Gasteiger partial charge in [-0.25, -0.2) is 4.39 Å². The molecular weight excluding hydrogens is 220 g/mol. The molecule has 0 aliphatic rings. The summed E-state index contributed by atoms with van der Waals surface area (Å²) in [4.78, 5) is 2.12. The molecule has 0 saturated carbocycles. The van der Waals surface area contributed by atoms with E-state index in [0.717, 1.165) is 12.1 Å². The summed E-state index contributed by atoms with van der Waals surface area (Å²) < 4.78 is 13.2. The number of hydrogen-bond donors (Lipinski definition) is 2. The quantitative estimate of drug-likeness (QED) is 0.739. The van der Waals surface area contributed by atoms with Gasteiger partial charge in [-0.3, -0.25) is 0 Å². The van der Waals surface area contributed by atoms with Gasteiger partial charge in [0.25, 0.3) is 0 Å². The molecule has 2 N–H and O–H groups in total. The second-order valence-electron chi connectivity index (χ2n) is 4.82. The van der Waals surface area contributed by atoms with Crippen molar-refractivity contribution in [1.29, 1.82) is 0 Å². The van der Waals surface area contributed by atoms with Crippen molar-refractivity contribution in [2.75, 3.05) is 13.6 Å². The van der Waals surface area contributed by atoms with Crippen molar-refractivity contribution in [1.82, 2.24) is 4.90 Å². The largest absolute Gasteiger partial charge is 0.491 e. The lowest BCUT2D eigenvalue weighted by Gasteiger charge is -2.19. The van der Waals surface area contributed by atoms with Crippen LogP contribution in [0, 0.1) is 11.7 Å². The van der Waals surface area contributed by atoms with Gasteiger partial charge in [-0.1, -0.05) is 26.0 Å². The molecule has 0 aliphatic carbocycles. The van der Waals surface area contributed by atoms with Crippen LogP contribution in [0.25, 0.3) is 0 Å². The Morgan fingerprint density at radius 3 is 2.53 bits per heavy atom. The second-order valence-corrected chi connectivity index (χ2v) is 4.82. The highest BCUT2D eigenvalue weighted by molar-refractivity contribution is 6.58. The lowest BCUT2D eigenvalue weighted by atomic mass is 9.79. The van der Waals surface area contributed by atoms with E-state index in [1.165, 1.54) is 12.1 Å². The van der Waals surface area contributed by atoms with E-state index < -0.39 is 12.9 Å². The zero-order valence-corrected chi connectivity index (χ0v) is 10.5. The van der Waals surface area contributed by atoms with Crippen LogP contribution in [0.3, 0.4) is 0 Å². The van der Waals surface area contributed by atoms with Crippen molar-refractivity contribution in [3.8, 4) is 0 Å². The third-order valence-corrected chi connectivity index (χ3v) is 2.47. The highest BCUT2D eigenvalue weighted by Gasteiger charge is 2.17. The fourth-order valence-corrected chi connectivity index (χ4v) is 1.89. The van der Waals surface area contributed by atoms with Crippen molar-refractivity contribution in [2.24, 2.45) is 5.92 Å². The summed E-state index contributed by atoms with van der Waals surface area (Å²) in [6.45, 7) is 5.86. The molecule has 0 bridgehead atoms. The van der Waals surface area contributed by atoms with Gasteiger partial charge in [0, 0.05) is 18.6 Å². The summed E-state index contributed by atoms with van der Waals surface area (Å²) in [6.07, 6.45) is 0. The van der Waals surface area contributed by atoms with Gasteiger partial charge in [-0.05, 0) is 24.6 Å². The van der Waals surface area contributed by atoms with Crippen LogP contribution in [0.15, 0.2) is 18.2 Å². The second kappa shape index (κ2) is 6.14. The van der Waals surface area contributed by atoms with E-state index in [1.54, 1.807) is 6.07 Å². The normalized spacial score (nSPS) is 11.3. The van der Waals surface area contributed by atoms with Gasteiger partial charge >= 0.3 is 7.12 Å². The zero-order valence-electron chi connectivity index (χ0n) is 10.5. The minimum atomic E-state index is -1.76. The van der Waals surface area contributed by atoms with Crippen LogP contribution >= 0.6 is 0 Å². The molecule has 3 nitrogen and oxygen atoms in total. The molecule has 17 heavy (non-hydrogen) atoms. The van der Waals surface area contributed by atoms with Crippen LogP contribution < -0.4 is 5.46 Å². The molecule has 0 aromatic heterocycles. The van der Waals surface area contributed by atoms with Crippen molar-refractivity contribution in [2.45, 2.75) is 20.4 Å². The Kier molecular flexibility index (Phi) is 5.12. The molecule has 1 aromatic carbocycles. The lowest BCUT2D eigenvalue weighted by Crippen LogP contribution is -2.33. The predicted molar refractivity (Wildman–Crippen MR) is 67.4 cm³/mol. The van der Waals surface area contributed by atoms with Gasteiger partial charge in [-0.2, -0.15) is 0 Å². The Hall–Kier alpha value is -0.905. The summed E-state index contributed by atoms with van der Waals surface area (Å²) in [5.41, 5.74) is 0.804. The first kappa shape index (κ1) is 14.2. The van der Waals surface area contributed by atoms with Crippen LogP contribution in [0.5, 0.6) is 0 Å². The number of benzene rings is 1. The number of rotatable bonds is 5. The Morgan fingerprint density at radius 1 is 1.35 bits per heavy atom. The highest BCUT2D eigenvalue weighted by Crippen LogP contribution is 2.06. The highest BCUT2D eigenvalue weighted by atomic mass is 19.1. The van der Waals surface area contributed by atoms with Crippen molar-refractivity contribution < 1.29 is 14.4 Å². The molecule has 0 aliphatic heterocycles. The Balaban J connectivity index is 2.75. The summed E-state index contributed by atoms with van der Waals surface area (Å²) in [6, 6.07) is 4.43. The Labute approximate surface area is 102 Å². The third kappa shape index (κ3) is 4.46. The fraction of sp³-hybridized carbons (Fsp3) is 0.500. The van der Waals surface area contributed by atoms with Crippen molar-refractivity contribution >= 4 is 12.6 Å². The molecule has 0 fully saturated rings. The van der Waals surface area contributed by atoms with Gasteiger partial charge < -0.3 is 14.9 Å². The van der Waals surface area contributed by atoms with Gasteiger partial charge in [0.05, 0.1) is 0 Å². The molecular formula is C12H19BFNO2. The number of halogens is 1. The molecule has 0 spiro atoms. The van der Waals surface area contributed by atoms with Crippen molar-refractivity contribution in [3.63, 3.8) is 0 Å². The van der Waals surface area contributed by atoms with Gasteiger partial charge in [0.15, 0.2) is 0 Å². The standard InChI is InChI=1S/C12H19BFNO2/c1-9(2)7-15(3)8-10-4-5-12(14)11(6-10)13(16)17/h4-6,9,16-17H,7-8H2,1-3H3. The van der Waals surface area contributed by atoms with Crippen LogP contribution in [-0.2, 0) is 6.54 Å². The van der Waals surface area contributed by atoms with Crippen LogP contribution in [0.4, 0.5) is 4.39 Å². The molecule has 1 aromatic rings. The third-order valence-electron chi connectivity index (χ3n) is 2.47. The van der Waals surface area contributed by atoms with E-state index >= 15 is 0 Å². The fourth-order valence-electron chi connectivity index (χ4n) is 1.89. The average molecular weight is 239 g/mol. The molecule has 0 atom stereocenters. The molecule has 0 unspecified atom stereocenters.